The third-order valence-corrected chi connectivity index (χ3v) is 4.65. The summed E-state index contributed by atoms with van der Waals surface area (Å²) in [6.45, 7) is 7.43. The number of nitrogens with zero attached hydrogens (tertiary/aromatic N) is 1. The first-order chi connectivity index (χ1) is 8.94. The Morgan fingerprint density at radius 1 is 1.15 bits per heavy atom. The number of hydrogen-bond donors (Lipinski definition) is 2. The molecule has 20 heavy (non-hydrogen) atoms. The molecule has 2 heterocycles. The first-order valence-electron chi connectivity index (χ1n) is 6.09. The highest BCUT2D eigenvalue weighted by molar-refractivity contribution is 7.89. The van der Waals surface area contributed by atoms with Crippen molar-refractivity contribution in [1.82, 2.24) is 4.98 Å². The van der Waals surface area contributed by atoms with Crippen LogP contribution in [0.3, 0.4) is 0 Å². The van der Waals surface area contributed by atoms with Crippen LogP contribution in [0.5, 0.6) is 0 Å². The van der Waals surface area contributed by atoms with Gasteiger partial charge in [-0.05, 0) is 39.8 Å². The predicted molar refractivity (Wildman–Crippen MR) is 75.7 cm³/mol. The highest BCUT2D eigenvalue weighted by Crippen LogP contribution is 2.36. The summed E-state index contributed by atoms with van der Waals surface area (Å²) in [5.74, 6) is 0.169. The number of pyridine rings is 1. The largest absolute Gasteiger partial charge is 0.516 e. The molecule has 0 aromatic carbocycles. The van der Waals surface area contributed by atoms with Gasteiger partial charge in [-0.1, -0.05) is 0 Å². The predicted octanol–water partition coefficient (Wildman–Crippen LogP) is -0.390. The lowest BCUT2D eigenvalue weighted by molar-refractivity contribution is 0.00578. The quantitative estimate of drug-likeness (QED) is 0.718. The van der Waals surface area contributed by atoms with Gasteiger partial charge in [-0.3, -0.25) is 0 Å². The molecule has 1 aromatic heterocycles. The van der Waals surface area contributed by atoms with Gasteiger partial charge < -0.3 is 15.0 Å². The molecule has 2 rings (SSSR count). The van der Waals surface area contributed by atoms with E-state index >= 15 is 0 Å². The third-order valence-electron chi connectivity index (χ3n) is 3.69. The molecule has 0 unspecified atom stereocenters. The molecule has 0 amide bonds. The molecule has 1 fully saturated rings. The van der Waals surface area contributed by atoms with Gasteiger partial charge >= 0.3 is 7.12 Å². The topological polar surface area (TPSA) is 118 Å². The number of primary sulfonamides is 1. The Bertz CT molecular complexity index is 629. The fourth-order valence-corrected chi connectivity index (χ4v) is 2.53. The lowest BCUT2D eigenvalue weighted by atomic mass is 9.84. The maximum absolute atomic E-state index is 11.6. The van der Waals surface area contributed by atoms with Crippen molar-refractivity contribution in [3.05, 3.63) is 12.1 Å². The minimum Gasteiger partial charge on any atom is -0.398 e. The molecule has 0 saturated carbocycles. The maximum Gasteiger partial charge on any atom is 0.516 e. The Balaban J connectivity index is 2.53. The lowest BCUT2D eigenvalue weighted by Crippen LogP contribution is -2.41. The van der Waals surface area contributed by atoms with Gasteiger partial charge in [0.25, 0.3) is 0 Å². The van der Waals surface area contributed by atoms with E-state index < -0.39 is 28.3 Å². The van der Waals surface area contributed by atoms with Crippen LogP contribution in [0.1, 0.15) is 27.7 Å². The number of hydrogen-bond acceptors (Lipinski definition) is 6. The van der Waals surface area contributed by atoms with Crippen LogP contribution < -0.4 is 16.5 Å². The van der Waals surface area contributed by atoms with Crippen molar-refractivity contribution in [3.8, 4) is 0 Å². The van der Waals surface area contributed by atoms with E-state index in [9.17, 15) is 8.42 Å². The normalized spacial score (nSPS) is 21.1. The van der Waals surface area contributed by atoms with Crippen LogP contribution in [0.25, 0.3) is 0 Å². The second-order valence-electron chi connectivity index (χ2n) is 5.75. The van der Waals surface area contributed by atoms with Gasteiger partial charge in [0.05, 0.1) is 16.8 Å². The Hall–Kier alpha value is -1.16. The third kappa shape index (κ3) is 2.53. The van der Waals surface area contributed by atoms with Gasteiger partial charge in [0.2, 0.25) is 10.0 Å². The summed E-state index contributed by atoms with van der Waals surface area (Å²) >= 11 is 0. The molecule has 0 spiro atoms. The van der Waals surface area contributed by atoms with Crippen LogP contribution >= 0.6 is 0 Å². The van der Waals surface area contributed by atoms with E-state index in [1.807, 2.05) is 27.7 Å². The van der Waals surface area contributed by atoms with Gasteiger partial charge in [0, 0.05) is 0 Å². The molecule has 110 valence electrons. The Labute approximate surface area is 118 Å². The van der Waals surface area contributed by atoms with Gasteiger partial charge in [0.1, 0.15) is 10.7 Å². The van der Waals surface area contributed by atoms with E-state index in [-0.39, 0.29) is 16.3 Å². The molecular formula is C11H18BN3O4S. The SMILES string of the molecule is CC1(C)OB(c2nc(N)ccc2S(N)(=O)=O)OC1(C)C. The molecule has 4 N–H and O–H groups in total. The molecular weight excluding hydrogens is 281 g/mol. The molecule has 1 aliphatic rings. The van der Waals surface area contributed by atoms with E-state index in [1.165, 1.54) is 12.1 Å². The van der Waals surface area contributed by atoms with Crippen molar-refractivity contribution in [2.45, 2.75) is 43.8 Å². The van der Waals surface area contributed by atoms with Crippen molar-refractivity contribution in [1.29, 1.82) is 0 Å². The van der Waals surface area contributed by atoms with Crippen LogP contribution in [-0.2, 0) is 19.3 Å². The minimum absolute atomic E-state index is 0.0751. The van der Waals surface area contributed by atoms with Crippen LogP contribution in [0.2, 0.25) is 0 Å². The minimum atomic E-state index is -3.94. The van der Waals surface area contributed by atoms with Crippen LogP contribution in [0.15, 0.2) is 17.0 Å². The summed E-state index contributed by atoms with van der Waals surface area (Å²) in [5.41, 5.74) is 4.47. The summed E-state index contributed by atoms with van der Waals surface area (Å²) in [6, 6.07) is 2.67. The molecule has 0 bridgehead atoms. The van der Waals surface area contributed by atoms with Gasteiger partial charge in [-0.15, -0.1) is 0 Å². The zero-order valence-electron chi connectivity index (χ0n) is 11.9. The van der Waals surface area contributed by atoms with Crippen LogP contribution in [0, 0.1) is 0 Å². The number of anilines is 1. The molecule has 1 saturated heterocycles. The summed E-state index contributed by atoms with van der Waals surface area (Å²) in [4.78, 5) is 3.87. The van der Waals surface area contributed by atoms with E-state index in [0.717, 1.165) is 0 Å². The number of aromatic nitrogens is 1. The smallest absolute Gasteiger partial charge is 0.398 e. The van der Waals surface area contributed by atoms with Crippen LogP contribution in [-0.4, -0.2) is 31.7 Å². The summed E-state index contributed by atoms with van der Waals surface area (Å²) in [7, 11) is -4.87. The zero-order valence-corrected chi connectivity index (χ0v) is 12.7. The average Bonchev–Trinajstić information content (AvgIpc) is 2.46. The maximum atomic E-state index is 11.6. The van der Waals surface area contributed by atoms with Crippen molar-refractivity contribution >= 4 is 28.6 Å². The lowest BCUT2D eigenvalue weighted by Gasteiger charge is -2.32. The summed E-state index contributed by atoms with van der Waals surface area (Å²) < 4.78 is 34.8. The first-order valence-corrected chi connectivity index (χ1v) is 7.63. The first kappa shape index (κ1) is 15.2. The van der Waals surface area contributed by atoms with Gasteiger partial charge in [0.15, 0.2) is 0 Å². The molecule has 7 nitrogen and oxygen atoms in total. The Kier molecular flexibility index (Phi) is 3.37. The Morgan fingerprint density at radius 3 is 2.10 bits per heavy atom. The van der Waals surface area contributed by atoms with Gasteiger partial charge in [-0.25, -0.2) is 18.5 Å². The summed E-state index contributed by atoms with van der Waals surface area (Å²) in [6.07, 6.45) is 0. The molecule has 0 radical (unpaired) electrons. The second-order valence-corrected chi connectivity index (χ2v) is 7.28. The molecule has 0 atom stereocenters. The molecule has 9 heteroatoms. The Morgan fingerprint density at radius 2 is 1.65 bits per heavy atom. The highest BCUT2D eigenvalue weighted by Gasteiger charge is 2.53. The number of sulfonamides is 1. The standard InChI is InChI=1S/C11H18BN3O4S/c1-10(2)11(3,4)19-12(18-10)9-7(20(14,16)17)5-6-8(13)15-9/h5-6H,1-4H3,(H2,13,15)(H2,14,16,17). The zero-order chi connectivity index (χ0) is 15.3. The number of nitrogen functional groups attached to an aromatic ring is 1. The number of nitrogens with two attached hydrogens (primary N) is 2. The fourth-order valence-electron chi connectivity index (χ4n) is 1.84. The van der Waals surface area contributed by atoms with Crippen molar-refractivity contribution in [2.24, 2.45) is 5.14 Å². The monoisotopic (exact) mass is 299 g/mol. The fraction of sp³-hybridized carbons (Fsp3) is 0.545. The van der Waals surface area contributed by atoms with E-state index in [0.29, 0.717) is 0 Å². The van der Waals surface area contributed by atoms with E-state index in [4.69, 9.17) is 20.2 Å². The van der Waals surface area contributed by atoms with Crippen molar-refractivity contribution < 1.29 is 17.7 Å². The second kappa shape index (κ2) is 4.42. The average molecular weight is 299 g/mol. The van der Waals surface area contributed by atoms with Crippen molar-refractivity contribution in [2.75, 3.05) is 5.73 Å². The summed E-state index contributed by atoms with van der Waals surface area (Å²) in [5, 5.41) is 5.19. The molecule has 1 aromatic rings. The van der Waals surface area contributed by atoms with E-state index in [1.54, 1.807) is 0 Å². The van der Waals surface area contributed by atoms with E-state index in [2.05, 4.69) is 4.98 Å². The number of rotatable bonds is 2. The van der Waals surface area contributed by atoms with Gasteiger partial charge in [-0.2, -0.15) is 0 Å². The molecule has 0 aliphatic carbocycles. The highest BCUT2D eigenvalue weighted by atomic mass is 32.2. The van der Waals surface area contributed by atoms with Crippen LogP contribution in [0.4, 0.5) is 5.82 Å². The molecule has 1 aliphatic heterocycles. The van der Waals surface area contributed by atoms with Crippen molar-refractivity contribution in [3.63, 3.8) is 0 Å².